The molecule has 0 amide bonds. The van der Waals surface area contributed by atoms with Gasteiger partial charge in [-0.3, -0.25) is 0 Å². The van der Waals surface area contributed by atoms with E-state index in [1.807, 2.05) is 0 Å². The second-order valence-electron chi connectivity index (χ2n) is 7.12. The number of aromatic nitrogens is 1. The van der Waals surface area contributed by atoms with Gasteiger partial charge in [-0.25, -0.2) is 0 Å². The number of nitrogens with two attached hydrogens (primary N) is 1. The number of unbranched alkanes of at least 4 members (excludes halogenated alkanes) is 1. The summed E-state index contributed by atoms with van der Waals surface area (Å²) < 4.78 is 0. The first-order chi connectivity index (χ1) is 12.2. The maximum atomic E-state index is 5.73. The van der Waals surface area contributed by atoms with Crippen LogP contribution in [-0.4, -0.2) is 11.5 Å². The van der Waals surface area contributed by atoms with E-state index in [0.717, 1.165) is 32.2 Å². The topological polar surface area (TPSA) is 41.8 Å². The number of hydrogen-bond acceptors (Lipinski definition) is 1. The van der Waals surface area contributed by atoms with Crippen molar-refractivity contribution in [2.45, 2.75) is 52.4 Å². The molecule has 25 heavy (non-hydrogen) atoms. The van der Waals surface area contributed by atoms with Crippen LogP contribution in [0.25, 0.3) is 22.2 Å². The van der Waals surface area contributed by atoms with Gasteiger partial charge in [-0.05, 0) is 61.8 Å². The van der Waals surface area contributed by atoms with Crippen LogP contribution in [0.2, 0.25) is 0 Å². The standard InChI is InChI=1S/C23H30N2/c1-4-16(2)18-13-9-14-21-20(12-7-8-15-24)23(25-22(18)21)19-11-6-5-10-17(19)3/h5-6,9-11,13-14,16,25H,4,7-8,12,15,24H2,1-3H3. The van der Waals surface area contributed by atoms with Gasteiger partial charge in [0, 0.05) is 22.2 Å². The minimum atomic E-state index is 0.559. The van der Waals surface area contributed by atoms with Gasteiger partial charge in [-0.2, -0.15) is 0 Å². The zero-order valence-corrected chi connectivity index (χ0v) is 15.7. The van der Waals surface area contributed by atoms with Gasteiger partial charge >= 0.3 is 0 Å². The molecule has 0 fully saturated rings. The van der Waals surface area contributed by atoms with E-state index in [2.05, 4.69) is 68.2 Å². The summed E-state index contributed by atoms with van der Waals surface area (Å²) in [5.74, 6) is 0.559. The molecule has 0 aliphatic heterocycles. The highest BCUT2D eigenvalue weighted by molar-refractivity contribution is 5.93. The summed E-state index contributed by atoms with van der Waals surface area (Å²) in [5.41, 5.74) is 13.9. The zero-order chi connectivity index (χ0) is 17.8. The Morgan fingerprint density at radius 2 is 1.84 bits per heavy atom. The van der Waals surface area contributed by atoms with Crippen molar-refractivity contribution in [2.24, 2.45) is 5.73 Å². The molecule has 0 saturated carbocycles. The lowest BCUT2D eigenvalue weighted by molar-refractivity contribution is 0.738. The lowest BCUT2D eigenvalue weighted by Crippen LogP contribution is -1.99. The molecule has 132 valence electrons. The summed E-state index contributed by atoms with van der Waals surface area (Å²) in [6.45, 7) is 7.54. The molecule has 0 bridgehead atoms. The van der Waals surface area contributed by atoms with Gasteiger partial charge in [0.25, 0.3) is 0 Å². The Bertz CT molecular complexity index is 844. The average molecular weight is 335 g/mol. The van der Waals surface area contributed by atoms with Crippen LogP contribution in [-0.2, 0) is 6.42 Å². The maximum Gasteiger partial charge on any atom is 0.0500 e. The van der Waals surface area contributed by atoms with E-state index in [9.17, 15) is 0 Å². The Balaban J connectivity index is 2.20. The van der Waals surface area contributed by atoms with Crippen molar-refractivity contribution >= 4 is 10.9 Å². The molecule has 0 spiro atoms. The molecule has 3 aromatic rings. The Kier molecular flexibility index (Phi) is 5.60. The third-order valence-corrected chi connectivity index (χ3v) is 5.41. The van der Waals surface area contributed by atoms with Crippen molar-refractivity contribution in [3.8, 4) is 11.3 Å². The first-order valence-corrected chi connectivity index (χ1v) is 9.56. The molecule has 1 atom stereocenters. The van der Waals surface area contributed by atoms with E-state index in [1.165, 1.54) is 38.9 Å². The number of aromatic amines is 1. The number of hydrogen-bond donors (Lipinski definition) is 2. The molecule has 1 heterocycles. The maximum absolute atomic E-state index is 5.73. The van der Waals surface area contributed by atoms with Gasteiger partial charge in [0.15, 0.2) is 0 Å². The van der Waals surface area contributed by atoms with Gasteiger partial charge in [-0.15, -0.1) is 0 Å². The van der Waals surface area contributed by atoms with Crippen molar-refractivity contribution in [3.05, 3.63) is 59.2 Å². The molecule has 1 aromatic heterocycles. The minimum absolute atomic E-state index is 0.559. The van der Waals surface area contributed by atoms with Gasteiger partial charge < -0.3 is 10.7 Å². The van der Waals surface area contributed by atoms with Gasteiger partial charge in [0.05, 0.1) is 0 Å². The number of nitrogens with one attached hydrogen (secondary N) is 1. The SMILES string of the molecule is CCC(C)c1cccc2c(CCCCN)c(-c3ccccc3C)[nH]c12. The van der Waals surface area contributed by atoms with E-state index >= 15 is 0 Å². The first kappa shape index (κ1) is 17.8. The number of rotatable bonds is 7. The molecule has 3 N–H and O–H groups in total. The summed E-state index contributed by atoms with van der Waals surface area (Å²) in [7, 11) is 0. The fraction of sp³-hybridized carbons (Fsp3) is 0.391. The van der Waals surface area contributed by atoms with Gasteiger partial charge in [0.1, 0.15) is 0 Å². The van der Waals surface area contributed by atoms with Crippen LogP contribution in [0.4, 0.5) is 0 Å². The zero-order valence-electron chi connectivity index (χ0n) is 15.7. The van der Waals surface area contributed by atoms with Gasteiger partial charge in [0.2, 0.25) is 0 Å². The van der Waals surface area contributed by atoms with Crippen LogP contribution in [0.5, 0.6) is 0 Å². The highest BCUT2D eigenvalue weighted by Crippen LogP contribution is 2.36. The van der Waals surface area contributed by atoms with E-state index in [-0.39, 0.29) is 0 Å². The third-order valence-electron chi connectivity index (χ3n) is 5.41. The number of aryl methyl sites for hydroxylation is 2. The van der Waals surface area contributed by atoms with Crippen LogP contribution >= 0.6 is 0 Å². The molecule has 1 unspecified atom stereocenters. The molecular formula is C23H30N2. The van der Waals surface area contributed by atoms with Crippen LogP contribution in [0.3, 0.4) is 0 Å². The van der Waals surface area contributed by atoms with Crippen LogP contribution in [0, 0.1) is 6.92 Å². The molecule has 2 heteroatoms. The molecule has 2 aromatic carbocycles. The monoisotopic (exact) mass is 334 g/mol. The summed E-state index contributed by atoms with van der Waals surface area (Å²) >= 11 is 0. The first-order valence-electron chi connectivity index (χ1n) is 9.56. The minimum Gasteiger partial charge on any atom is -0.354 e. The van der Waals surface area contributed by atoms with Crippen molar-refractivity contribution in [3.63, 3.8) is 0 Å². The average Bonchev–Trinajstić information content (AvgIpc) is 3.00. The fourth-order valence-electron chi connectivity index (χ4n) is 3.72. The normalized spacial score (nSPS) is 12.6. The Hall–Kier alpha value is -2.06. The quantitative estimate of drug-likeness (QED) is 0.516. The Morgan fingerprint density at radius 1 is 1.04 bits per heavy atom. The largest absolute Gasteiger partial charge is 0.354 e. The van der Waals surface area contributed by atoms with Crippen LogP contribution in [0.1, 0.15) is 55.7 Å². The molecule has 0 saturated heterocycles. The number of fused-ring (bicyclic) bond motifs is 1. The lowest BCUT2D eigenvalue weighted by Gasteiger charge is -2.10. The van der Waals surface area contributed by atoms with Gasteiger partial charge in [-0.1, -0.05) is 56.3 Å². The van der Waals surface area contributed by atoms with Crippen molar-refractivity contribution in [1.82, 2.24) is 4.98 Å². The number of para-hydroxylation sites is 1. The van der Waals surface area contributed by atoms with E-state index in [4.69, 9.17) is 5.73 Å². The van der Waals surface area contributed by atoms with Crippen molar-refractivity contribution in [2.75, 3.05) is 6.54 Å². The molecule has 0 aliphatic carbocycles. The molecule has 0 radical (unpaired) electrons. The second-order valence-corrected chi connectivity index (χ2v) is 7.12. The summed E-state index contributed by atoms with van der Waals surface area (Å²) in [6, 6.07) is 15.4. The Labute approximate surface area is 151 Å². The third kappa shape index (κ3) is 3.50. The van der Waals surface area contributed by atoms with Crippen LogP contribution < -0.4 is 5.73 Å². The van der Waals surface area contributed by atoms with Crippen molar-refractivity contribution in [1.29, 1.82) is 0 Å². The molecule has 2 nitrogen and oxygen atoms in total. The lowest BCUT2D eigenvalue weighted by atomic mass is 9.94. The van der Waals surface area contributed by atoms with E-state index in [0.29, 0.717) is 5.92 Å². The van der Waals surface area contributed by atoms with E-state index < -0.39 is 0 Å². The second kappa shape index (κ2) is 7.88. The number of H-pyrrole nitrogens is 1. The fourth-order valence-corrected chi connectivity index (χ4v) is 3.72. The predicted octanol–water partition coefficient (Wildman–Crippen LogP) is 5.94. The summed E-state index contributed by atoms with van der Waals surface area (Å²) in [5, 5.41) is 1.38. The van der Waals surface area contributed by atoms with Crippen molar-refractivity contribution < 1.29 is 0 Å². The Morgan fingerprint density at radius 3 is 2.56 bits per heavy atom. The van der Waals surface area contributed by atoms with Crippen LogP contribution in [0.15, 0.2) is 42.5 Å². The summed E-state index contributed by atoms with van der Waals surface area (Å²) in [4.78, 5) is 3.80. The predicted molar refractivity (Wildman–Crippen MR) is 109 cm³/mol. The highest BCUT2D eigenvalue weighted by Gasteiger charge is 2.17. The van der Waals surface area contributed by atoms with E-state index in [1.54, 1.807) is 0 Å². The smallest absolute Gasteiger partial charge is 0.0500 e. The molecular weight excluding hydrogens is 304 g/mol. The molecule has 3 rings (SSSR count). The molecule has 0 aliphatic rings. The highest BCUT2D eigenvalue weighted by atomic mass is 14.7. The number of benzene rings is 2. The summed E-state index contributed by atoms with van der Waals surface area (Å²) in [6.07, 6.45) is 4.44.